The molecule has 0 aliphatic rings. The van der Waals surface area contributed by atoms with E-state index in [9.17, 15) is 0 Å². The van der Waals surface area contributed by atoms with Gasteiger partial charge in [-0.25, -0.2) is 0 Å². The Hall–Kier alpha value is -0.680. The fourth-order valence-electron chi connectivity index (χ4n) is 1.52. The minimum Gasteiger partial charge on any atom is -0.297 e. The molecule has 86 valence electrons. The van der Waals surface area contributed by atoms with Crippen LogP contribution in [0.5, 0.6) is 0 Å². The Labute approximate surface area is 107 Å². The first-order valence-corrected chi connectivity index (χ1v) is 6.01. The quantitative estimate of drug-likeness (QED) is 0.801. The normalized spacial score (nSPS) is 14.2. The maximum absolute atomic E-state index is 6.11. The molecule has 16 heavy (non-hydrogen) atoms. The Bertz CT molecular complexity index is 395. The summed E-state index contributed by atoms with van der Waals surface area (Å²) in [6.45, 7) is 4.07. The van der Waals surface area contributed by atoms with Crippen molar-refractivity contribution in [3.05, 3.63) is 33.8 Å². The Kier molecular flexibility index (Phi) is 5.15. The second kappa shape index (κ2) is 6.15. The monoisotopic (exact) mass is 255 g/mol. The molecule has 0 fully saturated rings. The Morgan fingerprint density at radius 1 is 1.44 bits per heavy atom. The zero-order chi connectivity index (χ0) is 12.1. The van der Waals surface area contributed by atoms with Crippen molar-refractivity contribution in [3.8, 4) is 12.3 Å². The second-order valence-corrected chi connectivity index (χ2v) is 4.53. The lowest BCUT2D eigenvalue weighted by atomic mass is 10.1. The fourth-order valence-corrected chi connectivity index (χ4v) is 1.98. The first-order valence-electron chi connectivity index (χ1n) is 5.25. The topological polar surface area (TPSA) is 12.0 Å². The zero-order valence-electron chi connectivity index (χ0n) is 9.43. The molecule has 1 nitrogen and oxygen atoms in total. The molecule has 0 radical (unpaired) electrons. The molecule has 1 rings (SSSR count). The fraction of sp³-hybridized carbons (Fsp3) is 0.385. The molecule has 0 saturated heterocycles. The summed E-state index contributed by atoms with van der Waals surface area (Å²) in [5.74, 6) is 2.70. The van der Waals surface area contributed by atoms with Crippen molar-refractivity contribution < 1.29 is 0 Å². The number of terminal acetylenes is 1. The molecule has 0 aliphatic heterocycles. The van der Waals surface area contributed by atoms with Gasteiger partial charge in [0.1, 0.15) is 0 Å². The van der Waals surface area contributed by atoms with Gasteiger partial charge in [-0.2, -0.15) is 0 Å². The summed E-state index contributed by atoms with van der Waals surface area (Å²) in [4.78, 5) is 0. The third-order valence-corrected chi connectivity index (χ3v) is 3.06. The van der Waals surface area contributed by atoms with E-state index in [-0.39, 0.29) is 12.1 Å². The van der Waals surface area contributed by atoms with E-state index >= 15 is 0 Å². The van der Waals surface area contributed by atoms with Crippen molar-refractivity contribution in [3.63, 3.8) is 0 Å². The van der Waals surface area contributed by atoms with Crippen LogP contribution in [0.25, 0.3) is 0 Å². The predicted octanol–water partition coefficient (Wildman–Crippen LogP) is 4.06. The molecular formula is C13H15Cl2N. The third kappa shape index (κ3) is 3.42. The molecular weight excluding hydrogens is 241 g/mol. The van der Waals surface area contributed by atoms with Gasteiger partial charge >= 0.3 is 0 Å². The Morgan fingerprint density at radius 3 is 2.69 bits per heavy atom. The van der Waals surface area contributed by atoms with Crippen molar-refractivity contribution in [2.24, 2.45) is 0 Å². The molecule has 0 heterocycles. The Morgan fingerprint density at radius 2 is 2.12 bits per heavy atom. The molecule has 0 aliphatic carbocycles. The van der Waals surface area contributed by atoms with Crippen molar-refractivity contribution in [1.29, 1.82) is 0 Å². The number of benzene rings is 1. The van der Waals surface area contributed by atoms with E-state index in [1.54, 1.807) is 12.1 Å². The van der Waals surface area contributed by atoms with Crippen LogP contribution >= 0.6 is 23.2 Å². The number of hydrogen-bond acceptors (Lipinski definition) is 1. The van der Waals surface area contributed by atoms with Crippen molar-refractivity contribution in [2.75, 3.05) is 0 Å². The highest BCUT2D eigenvalue weighted by Gasteiger charge is 2.12. The van der Waals surface area contributed by atoms with Crippen LogP contribution in [0.2, 0.25) is 10.0 Å². The van der Waals surface area contributed by atoms with Gasteiger partial charge in [-0.05, 0) is 37.1 Å². The highest BCUT2D eigenvalue weighted by atomic mass is 35.5. The predicted molar refractivity (Wildman–Crippen MR) is 70.9 cm³/mol. The number of halogens is 2. The summed E-state index contributed by atoms with van der Waals surface area (Å²) >= 11 is 12.0. The van der Waals surface area contributed by atoms with Gasteiger partial charge in [0.25, 0.3) is 0 Å². The summed E-state index contributed by atoms with van der Waals surface area (Å²) in [6.07, 6.45) is 6.29. The highest BCUT2D eigenvalue weighted by molar-refractivity contribution is 6.33. The molecule has 1 aromatic rings. The van der Waals surface area contributed by atoms with Gasteiger partial charge in [0, 0.05) is 16.1 Å². The zero-order valence-corrected chi connectivity index (χ0v) is 10.9. The van der Waals surface area contributed by atoms with Crippen LogP contribution in [0.15, 0.2) is 18.2 Å². The van der Waals surface area contributed by atoms with Crippen LogP contribution in [0, 0.1) is 12.3 Å². The molecule has 3 heteroatoms. The minimum absolute atomic E-state index is 0.0602. The summed E-state index contributed by atoms with van der Waals surface area (Å²) in [5, 5.41) is 4.71. The van der Waals surface area contributed by atoms with E-state index in [0.29, 0.717) is 10.0 Å². The average molecular weight is 256 g/mol. The number of rotatable bonds is 4. The molecule has 1 aromatic carbocycles. The number of hydrogen-bond donors (Lipinski definition) is 1. The van der Waals surface area contributed by atoms with Gasteiger partial charge in [0.2, 0.25) is 0 Å². The van der Waals surface area contributed by atoms with Crippen LogP contribution in [-0.4, -0.2) is 6.04 Å². The lowest BCUT2D eigenvalue weighted by Crippen LogP contribution is -2.29. The van der Waals surface area contributed by atoms with E-state index in [2.05, 4.69) is 11.2 Å². The van der Waals surface area contributed by atoms with E-state index in [1.807, 2.05) is 19.9 Å². The number of nitrogens with one attached hydrogen (secondary N) is 1. The maximum atomic E-state index is 6.11. The van der Waals surface area contributed by atoms with Gasteiger partial charge in [-0.3, -0.25) is 5.32 Å². The molecule has 2 unspecified atom stereocenters. The van der Waals surface area contributed by atoms with Crippen molar-refractivity contribution in [2.45, 2.75) is 32.4 Å². The third-order valence-electron chi connectivity index (χ3n) is 2.49. The van der Waals surface area contributed by atoms with Gasteiger partial charge < -0.3 is 0 Å². The second-order valence-electron chi connectivity index (χ2n) is 3.68. The van der Waals surface area contributed by atoms with E-state index in [0.717, 1.165) is 12.0 Å². The minimum atomic E-state index is 0.0602. The molecule has 0 saturated carbocycles. The summed E-state index contributed by atoms with van der Waals surface area (Å²) < 4.78 is 0. The molecule has 1 N–H and O–H groups in total. The molecule has 0 amide bonds. The standard InChI is InChI=1S/C13H15Cl2N/c1-4-11(5-2)16-9(3)12-8-10(14)6-7-13(12)15/h1,6-9,11,16H,5H2,2-3H3. The first-order chi connectivity index (χ1) is 7.58. The van der Waals surface area contributed by atoms with Crippen LogP contribution < -0.4 is 5.32 Å². The van der Waals surface area contributed by atoms with E-state index < -0.39 is 0 Å². The summed E-state index contributed by atoms with van der Waals surface area (Å²) in [5.41, 5.74) is 0.975. The van der Waals surface area contributed by atoms with E-state index in [4.69, 9.17) is 29.6 Å². The highest BCUT2D eigenvalue weighted by Crippen LogP contribution is 2.26. The van der Waals surface area contributed by atoms with Crippen molar-refractivity contribution in [1.82, 2.24) is 5.32 Å². The van der Waals surface area contributed by atoms with Gasteiger partial charge in [-0.1, -0.05) is 36.0 Å². The SMILES string of the molecule is C#CC(CC)NC(C)c1cc(Cl)ccc1Cl. The maximum Gasteiger partial charge on any atom is 0.0688 e. The average Bonchev–Trinajstić information content (AvgIpc) is 2.28. The van der Waals surface area contributed by atoms with Crippen LogP contribution in [0.3, 0.4) is 0 Å². The lowest BCUT2D eigenvalue weighted by Gasteiger charge is -2.19. The largest absolute Gasteiger partial charge is 0.297 e. The molecule has 2 atom stereocenters. The van der Waals surface area contributed by atoms with Gasteiger partial charge in [0.15, 0.2) is 0 Å². The molecule has 0 spiro atoms. The van der Waals surface area contributed by atoms with Gasteiger partial charge in [-0.15, -0.1) is 6.42 Å². The smallest absolute Gasteiger partial charge is 0.0688 e. The van der Waals surface area contributed by atoms with Gasteiger partial charge in [0.05, 0.1) is 6.04 Å². The van der Waals surface area contributed by atoms with Crippen molar-refractivity contribution >= 4 is 23.2 Å². The molecule has 0 bridgehead atoms. The first kappa shape index (κ1) is 13.4. The Balaban J connectivity index is 2.84. The summed E-state index contributed by atoms with van der Waals surface area (Å²) in [7, 11) is 0. The van der Waals surface area contributed by atoms with Crippen LogP contribution in [-0.2, 0) is 0 Å². The van der Waals surface area contributed by atoms with Crippen LogP contribution in [0.4, 0.5) is 0 Å². The van der Waals surface area contributed by atoms with E-state index in [1.165, 1.54) is 0 Å². The lowest BCUT2D eigenvalue weighted by molar-refractivity contribution is 0.512. The molecule has 0 aromatic heterocycles. The summed E-state index contributed by atoms with van der Waals surface area (Å²) in [6, 6.07) is 5.59. The van der Waals surface area contributed by atoms with Crippen LogP contribution in [0.1, 0.15) is 31.9 Å².